The third-order valence-electron chi connectivity index (χ3n) is 8.63. The monoisotopic (exact) mass is 690 g/mol. The zero-order chi connectivity index (χ0) is 30.8. The van der Waals surface area contributed by atoms with E-state index in [4.69, 9.17) is 24.4 Å². The van der Waals surface area contributed by atoms with E-state index in [1.807, 2.05) is 0 Å². The van der Waals surface area contributed by atoms with Gasteiger partial charge in [-0.15, -0.1) is 25.3 Å². The Morgan fingerprint density at radius 1 is 0.463 bits per heavy atom. The van der Waals surface area contributed by atoms with Crippen molar-refractivity contribution in [3.63, 3.8) is 0 Å². The van der Waals surface area contributed by atoms with Crippen molar-refractivity contribution >= 4 is 58.3 Å². The summed E-state index contributed by atoms with van der Waals surface area (Å²) >= 11 is 19.6. The van der Waals surface area contributed by atoms with Crippen molar-refractivity contribution in [2.45, 2.75) is 158 Å². The third-order valence-corrected chi connectivity index (χ3v) is 9.71. The molecule has 0 amide bonds. The van der Waals surface area contributed by atoms with Gasteiger partial charge in [-0.2, -0.15) is 0 Å². The number of hydrogen-bond donors (Lipinski definition) is 2. The molecule has 0 aromatic carbocycles. The minimum Gasteiger partial charge on any atom is -0.357 e. The van der Waals surface area contributed by atoms with Crippen molar-refractivity contribution in [1.82, 2.24) is 9.80 Å². The summed E-state index contributed by atoms with van der Waals surface area (Å²) in [4.78, 5) is 4.71. The molecule has 0 saturated carbocycles. The van der Waals surface area contributed by atoms with Crippen LogP contribution < -0.4 is 0 Å². The summed E-state index contributed by atoms with van der Waals surface area (Å²) in [7, 11) is 0. The maximum atomic E-state index is 5.36. The van der Waals surface area contributed by atoms with Crippen LogP contribution in [0.3, 0.4) is 0 Å². The minimum absolute atomic E-state index is 0. The van der Waals surface area contributed by atoms with Crippen LogP contribution in [0.25, 0.3) is 0 Å². The van der Waals surface area contributed by atoms with Crippen molar-refractivity contribution < 1.29 is 17.1 Å². The number of nitrogens with zero attached hydrogens (tertiary/aromatic N) is 2. The Morgan fingerprint density at radius 2 is 0.659 bits per heavy atom. The van der Waals surface area contributed by atoms with E-state index < -0.39 is 0 Å². The summed E-state index contributed by atoms with van der Waals surface area (Å²) in [5.74, 6) is 3.07. The van der Waals surface area contributed by atoms with Crippen LogP contribution in [0.4, 0.5) is 0 Å². The van der Waals surface area contributed by atoms with Crippen molar-refractivity contribution in [2.75, 3.05) is 26.2 Å². The molecule has 41 heavy (non-hydrogen) atoms. The zero-order valence-electron chi connectivity index (χ0n) is 28.4. The maximum Gasteiger partial charge on any atom is 2.00 e. The number of unbranched alkanes of at least 4 members (excludes halogenated alkanes) is 4. The third kappa shape index (κ3) is 26.0. The predicted molar refractivity (Wildman–Crippen MR) is 200 cm³/mol. The zero-order valence-corrected chi connectivity index (χ0v) is 32.9. The fraction of sp³-hybridized carbons (Fsp3) is 0.941. The molecule has 0 aromatic heterocycles. The van der Waals surface area contributed by atoms with Crippen LogP contribution >= 0.6 is 49.7 Å². The molecule has 0 aromatic rings. The molecule has 246 valence electrons. The van der Waals surface area contributed by atoms with Crippen molar-refractivity contribution in [3.8, 4) is 0 Å². The Hall–Kier alpha value is 0.999. The van der Waals surface area contributed by atoms with Crippen LogP contribution in [-0.2, 0) is 17.1 Å². The number of hydrogen-bond acceptors (Lipinski definition) is 2. The van der Waals surface area contributed by atoms with Crippen molar-refractivity contribution in [2.24, 2.45) is 23.7 Å². The molecule has 4 unspecified atom stereocenters. The van der Waals surface area contributed by atoms with Crippen molar-refractivity contribution in [1.29, 1.82) is 0 Å². The molecule has 0 saturated heterocycles. The second-order valence-corrected chi connectivity index (χ2v) is 14.3. The quantitative estimate of drug-likeness (QED) is 0.0591. The summed E-state index contributed by atoms with van der Waals surface area (Å²) in [5.41, 5.74) is 0. The molecular formula is C34H70FeN2S4+2. The molecule has 0 fully saturated rings. The molecule has 0 bridgehead atoms. The minimum atomic E-state index is 0. The van der Waals surface area contributed by atoms with E-state index in [-0.39, 0.29) is 17.1 Å². The predicted octanol–water partition coefficient (Wildman–Crippen LogP) is 11.9. The Labute approximate surface area is 291 Å². The van der Waals surface area contributed by atoms with Gasteiger partial charge in [-0.25, -0.2) is 0 Å². The van der Waals surface area contributed by atoms with Gasteiger partial charge in [-0.3, -0.25) is 0 Å². The van der Waals surface area contributed by atoms with Gasteiger partial charge in [0.25, 0.3) is 0 Å². The largest absolute Gasteiger partial charge is 2.00 e. The van der Waals surface area contributed by atoms with Gasteiger partial charge in [0.15, 0.2) is 0 Å². The molecule has 0 N–H and O–H groups in total. The fourth-order valence-electron chi connectivity index (χ4n) is 5.38. The van der Waals surface area contributed by atoms with Gasteiger partial charge in [0.1, 0.15) is 8.64 Å². The second kappa shape index (κ2) is 32.4. The summed E-state index contributed by atoms with van der Waals surface area (Å²) in [6.45, 7) is 22.7. The number of thiol groups is 2. The number of thiocarbonyl (C=S) groups is 2. The molecule has 0 aliphatic carbocycles. The van der Waals surface area contributed by atoms with E-state index in [9.17, 15) is 0 Å². The molecule has 7 heteroatoms. The first kappa shape index (κ1) is 46.4. The SMILES string of the molecule is CCCCC(CC)CN(CC(CC)CCCC)C(=S)S.CCCCC(CC)CN(CC(CC)CCCC)C(=S)S.[Fe+2]. The van der Waals surface area contributed by atoms with E-state index in [0.717, 1.165) is 58.5 Å². The first-order valence-corrected chi connectivity index (χ1v) is 18.8. The topological polar surface area (TPSA) is 6.48 Å². The first-order valence-electron chi connectivity index (χ1n) is 17.1. The average Bonchev–Trinajstić information content (AvgIpc) is 2.95. The standard InChI is InChI=1S/2C17H35NS2.Fe/c2*1-5-9-11-15(7-3)13-18(17(19)20)14-16(8-4)12-10-6-2;/h2*15-16H,5-14H2,1-4H3,(H,19,20);/q;;+2. The van der Waals surface area contributed by atoms with Crippen LogP contribution in [0.15, 0.2) is 0 Å². The number of rotatable bonds is 24. The van der Waals surface area contributed by atoms with Gasteiger partial charge in [-0.1, -0.05) is 157 Å². The van der Waals surface area contributed by atoms with E-state index in [1.165, 1.54) is 103 Å². The molecular weight excluding hydrogens is 621 g/mol. The van der Waals surface area contributed by atoms with Gasteiger partial charge in [-0.05, 0) is 49.4 Å². The van der Waals surface area contributed by atoms with E-state index in [0.29, 0.717) is 0 Å². The van der Waals surface area contributed by atoms with Gasteiger partial charge in [0, 0.05) is 26.2 Å². The second-order valence-electron chi connectivity index (χ2n) is 12.0. The normalized spacial score (nSPS) is 13.7. The van der Waals surface area contributed by atoms with Crippen LogP contribution in [0.5, 0.6) is 0 Å². The summed E-state index contributed by atoms with van der Waals surface area (Å²) in [6, 6.07) is 0. The molecule has 0 aliphatic rings. The molecule has 0 radical (unpaired) electrons. The van der Waals surface area contributed by atoms with Gasteiger partial charge in [0.2, 0.25) is 0 Å². The first-order chi connectivity index (χ1) is 19.2. The fourth-order valence-corrected chi connectivity index (χ4v) is 6.00. The van der Waals surface area contributed by atoms with Gasteiger partial charge < -0.3 is 9.80 Å². The summed E-state index contributed by atoms with van der Waals surface area (Å²) in [6.07, 6.45) is 20.8. The molecule has 0 heterocycles. The van der Waals surface area contributed by atoms with E-state index in [2.05, 4.69) is 90.4 Å². The molecule has 0 spiro atoms. The van der Waals surface area contributed by atoms with E-state index >= 15 is 0 Å². The Bertz CT molecular complexity index is 507. The molecule has 4 atom stereocenters. The van der Waals surface area contributed by atoms with Gasteiger partial charge in [0.05, 0.1) is 0 Å². The average molecular weight is 691 g/mol. The van der Waals surface area contributed by atoms with Gasteiger partial charge >= 0.3 is 17.1 Å². The van der Waals surface area contributed by atoms with Crippen molar-refractivity contribution in [3.05, 3.63) is 0 Å². The van der Waals surface area contributed by atoms with Crippen LogP contribution in [0.2, 0.25) is 0 Å². The Kier molecular flexibility index (Phi) is 36.7. The Morgan fingerprint density at radius 3 is 0.780 bits per heavy atom. The molecule has 2 nitrogen and oxygen atoms in total. The Balaban J connectivity index is -0.000000688. The molecule has 0 aliphatic heterocycles. The maximum absolute atomic E-state index is 5.36. The summed E-state index contributed by atoms with van der Waals surface area (Å²) < 4.78 is 1.57. The van der Waals surface area contributed by atoms with Crippen LogP contribution in [-0.4, -0.2) is 44.6 Å². The van der Waals surface area contributed by atoms with Crippen LogP contribution in [0.1, 0.15) is 158 Å². The smallest absolute Gasteiger partial charge is 0.357 e. The summed E-state index contributed by atoms with van der Waals surface area (Å²) in [5, 5.41) is 0. The molecule has 0 rings (SSSR count). The van der Waals surface area contributed by atoms with E-state index in [1.54, 1.807) is 0 Å². The van der Waals surface area contributed by atoms with Crippen LogP contribution in [0, 0.1) is 23.7 Å².